The third kappa shape index (κ3) is 6.77. The smallest absolute Gasteiger partial charge is 0.356 e. The Labute approximate surface area is 275 Å². The highest BCUT2D eigenvalue weighted by Gasteiger charge is 2.65. The number of nitrogens with two attached hydrogens (primary N) is 1. The fraction of sp³-hybridized carbons (Fsp3) is 0.303. The van der Waals surface area contributed by atoms with Gasteiger partial charge in [0.2, 0.25) is 10.9 Å². The van der Waals surface area contributed by atoms with E-state index in [2.05, 4.69) is 20.6 Å². The first-order valence-electron chi connectivity index (χ1n) is 14.9. The first kappa shape index (κ1) is 32.3. The van der Waals surface area contributed by atoms with Crippen LogP contribution in [0.2, 0.25) is 0 Å². The molecule has 0 radical (unpaired) electrons. The summed E-state index contributed by atoms with van der Waals surface area (Å²) in [6, 6.07) is 26.4. The highest BCUT2D eigenvalue weighted by Crippen LogP contribution is 2.43. The lowest BCUT2D eigenvalue weighted by Crippen LogP contribution is -2.81. The number of nitrogens with zero attached hydrogens (tertiary/aromatic N) is 4. The van der Waals surface area contributed by atoms with Crippen LogP contribution < -0.4 is 10.5 Å². The third-order valence-electron chi connectivity index (χ3n) is 7.97. The highest BCUT2D eigenvalue weighted by molar-refractivity contribution is 8.00. The average molecular weight is 659 g/mol. The second-order valence-electron chi connectivity index (χ2n) is 10.8. The van der Waals surface area contributed by atoms with E-state index in [9.17, 15) is 9.59 Å². The number of thioether (sulfide) groups is 1. The molecule has 1 unspecified atom stereocenters. The van der Waals surface area contributed by atoms with Crippen LogP contribution >= 0.6 is 11.8 Å². The van der Waals surface area contributed by atoms with Crippen LogP contribution in [0.5, 0.6) is 5.75 Å². The van der Waals surface area contributed by atoms with Crippen molar-refractivity contribution in [3.05, 3.63) is 113 Å². The van der Waals surface area contributed by atoms with Crippen LogP contribution in [0.3, 0.4) is 0 Å². The van der Waals surface area contributed by atoms with Gasteiger partial charge in [-0.05, 0) is 40.5 Å². The molecule has 1 saturated heterocycles. The van der Waals surface area contributed by atoms with Crippen molar-refractivity contribution in [2.24, 2.45) is 5.73 Å². The number of aromatic nitrogens is 4. The summed E-state index contributed by atoms with van der Waals surface area (Å²) in [6.45, 7) is 0.636. The molecule has 13 nitrogen and oxygen atoms in total. The molecule has 14 heteroatoms. The number of rotatable bonds is 14. The first-order valence-corrected chi connectivity index (χ1v) is 15.7. The zero-order chi connectivity index (χ0) is 32.8. The van der Waals surface area contributed by atoms with Gasteiger partial charge in [-0.2, -0.15) is 5.21 Å². The van der Waals surface area contributed by atoms with E-state index in [1.54, 1.807) is 7.11 Å². The lowest BCUT2D eigenvalue weighted by atomic mass is 9.93. The predicted octanol–water partition coefficient (Wildman–Crippen LogP) is 3.36. The van der Waals surface area contributed by atoms with E-state index in [0.717, 1.165) is 22.4 Å². The third-order valence-corrected chi connectivity index (χ3v) is 9.16. The molecule has 3 atom stereocenters. The molecule has 1 amide bonds. The summed E-state index contributed by atoms with van der Waals surface area (Å²) in [4.78, 5) is 29.1. The molecule has 1 aromatic heterocycles. The van der Waals surface area contributed by atoms with Crippen molar-refractivity contribution in [1.29, 1.82) is 0 Å². The van der Waals surface area contributed by atoms with Gasteiger partial charge in [-0.3, -0.25) is 15.4 Å². The lowest BCUT2D eigenvalue weighted by Gasteiger charge is -2.54. The molecule has 3 N–H and O–H groups in total. The summed E-state index contributed by atoms with van der Waals surface area (Å²) in [5, 5.41) is 14.2. The van der Waals surface area contributed by atoms with Gasteiger partial charge in [0.15, 0.2) is 12.3 Å². The molecule has 0 bridgehead atoms. The number of tetrazole rings is 1. The lowest BCUT2D eigenvalue weighted by molar-refractivity contribution is -0.249. The van der Waals surface area contributed by atoms with Crippen molar-refractivity contribution in [2.75, 3.05) is 27.4 Å². The number of β-lactam (4-membered cyclic amide) rings is 1. The number of hydrogen-bond donors (Lipinski definition) is 2. The van der Waals surface area contributed by atoms with Crippen LogP contribution in [0.15, 0.2) is 101 Å². The number of ether oxygens (including phenoxy) is 5. The quantitative estimate of drug-likeness (QED) is 0.0669. The molecule has 2 aliphatic rings. The van der Waals surface area contributed by atoms with Gasteiger partial charge in [0.05, 0.1) is 20.3 Å². The summed E-state index contributed by atoms with van der Waals surface area (Å²) in [6.07, 6.45) is -1.37. The molecule has 1 fully saturated rings. The van der Waals surface area contributed by atoms with Crippen LogP contribution in [-0.4, -0.2) is 82.0 Å². The van der Waals surface area contributed by atoms with Crippen LogP contribution in [0.4, 0.5) is 0 Å². The van der Waals surface area contributed by atoms with Crippen LogP contribution in [-0.2, 0) is 35.1 Å². The Morgan fingerprint density at radius 3 is 2.34 bits per heavy atom. The molecule has 3 heterocycles. The molecular formula is C33H34N6O7S. The SMILES string of the molecule is COc1ccc(COCCC(Sc2nn[nH]n2)C2=C(C(=O)OC(c3ccccc3)c3ccccc3)N3C(=O)[C@](N)(OC)[C@H]3OC2)cc1. The summed E-state index contributed by atoms with van der Waals surface area (Å²) >= 11 is 1.26. The van der Waals surface area contributed by atoms with Crippen molar-refractivity contribution >= 4 is 23.6 Å². The number of amides is 1. The maximum atomic E-state index is 14.4. The minimum absolute atomic E-state index is 0.0312. The van der Waals surface area contributed by atoms with Crippen LogP contribution in [0.1, 0.15) is 29.2 Å². The van der Waals surface area contributed by atoms with E-state index >= 15 is 0 Å². The Kier molecular flexibility index (Phi) is 9.94. The van der Waals surface area contributed by atoms with Crippen molar-refractivity contribution in [1.82, 2.24) is 25.5 Å². The Hall–Kier alpha value is -4.60. The number of methoxy groups -OCH3 is 2. The Morgan fingerprint density at radius 1 is 1.06 bits per heavy atom. The topological polar surface area (TPSA) is 164 Å². The predicted molar refractivity (Wildman–Crippen MR) is 169 cm³/mol. The van der Waals surface area contributed by atoms with Gasteiger partial charge in [-0.25, -0.2) is 4.79 Å². The fourth-order valence-electron chi connectivity index (χ4n) is 5.48. The van der Waals surface area contributed by atoms with Gasteiger partial charge < -0.3 is 23.7 Å². The van der Waals surface area contributed by atoms with Gasteiger partial charge in [0.25, 0.3) is 5.91 Å². The highest BCUT2D eigenvalue weighted by atomic mass is 32.2. The molecule has 6 rings (SSSR count). The largest absolute Gasteiger partial charge is 0.497 e. The fourth-order valence-corrected chi connectivity index (χ4v) is 6.45. The first-order chi connectivity index (χ1) is 22.9. The number of benzene rings is 3. The standard InChI is InChI=1S/C33H34N6O7S/c1-42-24-15-13-21(14-16-24)19-44-18-17-26(47-32-35-37-38-36-32)25-20-45-31-33(34,43-2)30(41)39(31)27(25)29(40)46-28(22-9-5-3-6-10-22)23-11-7-4-8-12-23/h3-16,26,28,31H,17-20,34H2,1-2H3,(H,35,36,37,38)/t26?,31-,33+/m1/s1. The van der Waals surface area contributed by atoms with Crippen LogP contribution in [0, 0.1) is 0 Å². The molecule has 0 spiro atoms. The summed E-state index contributed by atoms with van der Waals surface area (Å²) in [7, 11) is 2.94. The van der Waals surface area contributed by atoms with Gasteiger partial charge in [0.1, 0.15) is 11.4 Å². The van der Waals surface area contributed by atoms with E-state index in [0.29, 0.717) is 30.4 Å². The summed E-state index contributed by atoms with van der Waals surface area (Å²) in [5.41, 5.74) is 7.57. The minimum Gasteiger partial charge on any atom is -0.497 e. The van der Waals surface area contributed by atoms with E-state index < -0.39 is 35.2 Å². The van der Waals surface area contributed by atoms with Crippen molar-refractivity contribution in [3.8, 4) is 5.75 Å². The maximum absolute atomic E-state index is 14.4. The van der Waals surface area contributed by atoms with Gasteiger partial charge >= 0.3 is 5.97 Å². The monoisotopic (exact) mass is 658 g/mol. The average Bonchev–Trinajstić information content (AvgIpc) is 3.65. The molecule has 3 aromatic carbocycles. The van der Waals surface area contributed by atoms with Gasteiger partial charge in [0, 0.05) is 24.5 Å². The Balaban J connectivity index is 1.32. The van der Waals surface area contributed by atoms with Gasteiger partial charge in [-0.1, -0.05) is 84.6 Å². The second-order valence-corrected chi connectivity index (χ2v) is 12.0. The number of hydrogen-bond acceptors (Lipinski definition) is 12. The molecule has 2 aliphatic heterocycles. The number of esters is 1. The van der Waals surface area contributed by atoms with E-state index in [1.807, 2.05) is 84.9 Å². The Morgan fingerprint density at radius 2 is 1.74 bits per heavy atom. The van der Waals surface area contributed by atoms with E-state index in [1.165, 1.54) is 23.8 Å². The summed E-state index contributed by atoms with van der Waals surface area (Å²) in [5.74, 6) is -0.580. The number of nitrogens with one attached hydrogen (secondary N) is 1. The summed E-state index contributed by atoms with van der Waals surface area (Å²) < 4.78 is 28.9. The number of H-pyrrole nitrogens is 1. The number of fused-ring (bicyclic) bond motifs is 1. The van der Waals surface area contributed by atoms with Crippen molar-refractivity contribution in [2.45, 2.75) is 41.5 Å². The maximum Gasteiger partial charge on any atom is 0.356 e. The molecule has 47 heavy (non-hydrogen) atoms. The van der Waals surface area contributed by atoms with Gasteiger partial charge in [-0.15, -0.1) is 10.2 Å². The molecule has 0 aliphatic carbocycles. The number of carbonyl (C=O) groups is 2. The second kappa shape index (κ2) is 14.4. The molecule has 4 aromatic rings. The number of aromatic amines is 1. The minimum atomic E-state index is -1.74. The molecule has 0 saturated carbocycles. The normalized spacial score (nSPS) is 19.7. The molecule has 244 valence electrons. The van der Waals surface area contributed by atoms with Crippen molar-refractivity contribution in [3.63, 3.8) is 0 Å². The number of carbonyl (C=O) groups excluding carboxylic acids is 2. The van der Waals surface area contributed by atoms with E-state index in [4.69, 9.17) is 29.4 Å². The molecular weight excluding hydrogens is 624 g/mol. The Bertz CT molecular complexity index is 1650. The van der Waals surface area contributed by atoms with E-state index in [-0.39, 0.29) is 12.3 Å². The van der Waals surface area contributed by atoms with Crippen molar-refractivity contribution < 1.29 is 33.3 Å². The zero-order valence-corrected chi connectivity index (χ0v) is 26.6. The van der Waals surface area contributed by atoms with Crippen LogP contribution in [0.25, 0.3) is 0 Å². The zero-order valence-electron chi connectivity index (χ0n) is 25.8.